The van der Waals surface area contributed by atoms with E-state index in [4.69, 9.17) is 11.6 Å². The predicted molar refractivity (Wildman–Crippen MR) is 65.8 cm³/mol. The first-order chi connectivity index (χ1) is 7.84. The van der Waals surface area contributed by atoms with Crippen molar-refractivity contribution >= 4 is 22.5 Å². The van der Waals surface area contributed by atoms with Crippen molar-refractivity contribution in [3.63, 3.8) is 0 Å². The number of nitrogens with zero attached hydrogens (tertiary/aromatic N) is 2. The van der Waals surface area contributed by atoms with E-state index in [1.54, 1.807) is 0 Å². The molecule has 2 aromatic rings. The van der Waals surface area contributed by atoms with Gasteiger partial charge in [-0.3, -0.25) is 4.68 Å². The van der Waals surface area contributed by atoms with Gasteiger partial charge in [0.1, 0.15) is 0 Å². The van der Waals surface area contributed by atoms with Crippen LogP contribution in [0.3, 0.4) is 0 Å². The molecular formula is C12H14ClN3. The fourth-order valence-corrected chi connectivity index (χ4v) is 2.64. The van der Waals surface area contributed by atoms with Crippen LogP contribution in [0.4, 0.5) is 0 Å². The maximum absolute atomic E-state index is 6.21. The van der Waals surface area contributed by atoms with Gasteiger partial charge in [-0.2, -0.15) is 5.10 Å². The van der Waals surface area contributed by atoms with Gasteiger partial charge in [-0.05, 0) is 25.5 Å². The quantitative estimate of drug-likeness (QED) is 0.867. The highest BCUT2D eigenvalue weighted by Crippen LogP contribution is 2.23. The molecule has 1 saturated heterocycles. The molecule has 1 N–H and O–H groups in total. The molecule has 1 unspecified atom stereocenters. The van der Waals surface area contributed by atoms with Crippen LogP contribution in [0.5, 0.6) is 0 Å². The summed E-state index contributed by atoms with van der Waals surface area (Å²) in [5.74, 6) is 0. The van der Waals surface area contributed by atoms with E-state index in [2.05, 4.69) is 10.4 Å². The van der Waals surface area contributed by atoms with Crippen LogP contribution in [0.2, 0.25) is 5.02 Å². The molecule has 1 aromatic carbocycles. The van der Waals surface area contributed by atoms with Gasteiger partial charge in [0.05, 0.1) is 23.3 Å². The lowest BCUT2D eigenvalue weighted by atomic mass is 10.2. The minimum atomic E-state index is 0.541. The first-order valence-corrected chi connectivity index (χ1v) is 6.06. The Morgan fingerprint density at radius 2 is 2.44 bits per heavy atom. The molecule has 4 heteroatoms. The van der Waals surface area contributed by atoms with E-state index in [9.17, 15) is 0 Å². The molecule has 2 heterocycles. The first-order valence-electron chi connectivity index (χ1n) is 5.68. The standard InChI is InChI=1S/C12H14ClN3/c13-11-5-1-3-9-7-15-16(12(9)11)8-10-4-2-6-14-10/h1,3,5,7,10,14H,2,4,6,8H2. The molecule has 1 aliphatic heterocycles. The van der Waals surface area contributed by atoms with Crippen LogP contribution in [0.25, 0.3) is 10.9 Å². The summed E-state index contributed by atoms with van der Waals surface area (Å²) >= 11 is 6.21. The maximum Gasteiger partial charge on any atom is 0.0869 e. The minimum absolute atomic E-state index is 0.541. The number of benzene rings is 1. The Hall–Kier alpha value is -1.06. The molecule has 0 spiro atoms. The van der Waals surface area contributed by atoms with Crippen molar-refractivity contribution in [1.29, 1.82) is 0 Å². The second-order valence-electron chi connectivity index (χ2n) is 4.30. The highest BCUT2D eigenvalue weighted by atomic mass is 35.5. The Labute approximate surface area is 99.4 Å². The molecule has 3 rings (SSSR count). The van der Waals surface area contributed by atoms with Gasteiger partial charge in [-0.25, -0.2) is 0 Å². The number of fused-ring (bicyclic) bond motifs is 1. The van der Waals surface area contributed by atoms with Crippen molar-refractivity contribution in [3.05, 3.63) is 29.4 Å². The summed E-state index contributed by atoms with van der Waals surface area (Å²) in [5.41, 5.74) is 1.05. The highest BCUT2D eigenvalue weighted by molar-refractivity contribution is 6.35. The molecule has 1 fully saturated rings. The van der Waals surface area contributed by atoms with Crippen LogP contribution >= 0.6 is 11.6 Å². The third kappa shape index (κ3) is 1.70. The summed E-state index contributed by atoms with van der Waals surface area (Å²) in [6.07, 6.45) is 4.37. The molecule has 84 valence electrons. The summed E-state index contributed by atoms with van der Waals surface area (Å²) in [4.78, 5) is 0. The van der Waals surface area contributed by atoms with Crippen molar-refractivity contribution in [2.45, 2.75) is 25.4 Å². The van der Waals surface area contributed by atoms with E-state index in [0.29, 0.717) is 6.04 Å². The number of para-hydroxylation sites is 1. The van der Waals surface area contributed by atoms with Gasteiger partial charge in [0.25, 0.3) is 0 Å². The Balaban J connectivity index is 1.97. The van der Waals surface area contributed by atoms with Gasteiger partial charge in [0.15, 0.2) is 0 Å². The normalized spacial score (nSPS) is 20.7. The molecule has 16 heavy (non-hydrogen) atoms. The van der Waals surface area contributed by atoms with Crippen molar-refractivity contribution < 1.29 is 0 Å². The SMILES string of the molecule is Clc1cccc2cnn(CC3CCCN3)c12. The molecular weight excluding hydrogens is 222 g/mol. The van der Waals surface area contributed by atoms with Gasteiger partial charge in [0.2, 0.25) is 0 Å². The summed E-state index contributed by atoms with van der Waals surface area (Å²) in [6, 6.07) is 6.47. The lowest BCUT2D eigenvalue weighted by molar-refractivity contribution is 0.486. The first kappa shape index (κ1) is 10.1. The molecule has 1 atom stereocenters. The zero-order chi connectivity index (χ0) is 11.0. The summed E-state index contributed by atoms with van der Waals surface area (Å²) < 4.78 is 2.01. The van der Waals surface area contributed by atoms with Crippen LogP contribution in [0.15, 0.2) is 24.4 Å². The number of nitrogens with one attached hydrogen (secondary N) is 1. The fraction of sp³-hybridized carbons (Fsp3) is 0.417. The van der Waals surface area contributed by atoms with Crippen LogP contribution in [-0.4, -0.2) is 22.4 Å². The number of hydrogen-bond acceptors (Lipinski definition) is 2. The Kier molecular flexibility index (Phi) is 2.58. The van der Waals surface area contributed by atoms with Gasteiger partial charge in [-0.1, -0.05) is 23.7 Å². The van der Waals surface area contributed by atoms with E-state index in [1.165, 1.54) is 12.8 Å². The summed E-state index contributed by atoms with van der Waals surface area (Å²) in [7, 11) is 0. The second kappa shape index (κ2) is 4.07. The van der Waals surface area contributed by atoms with E-state index < -0.39 is 0 Å². The van der Waals surface area contributed by atoms with E-state index in [-0.39, 0.29) is 0 Å². The number of aromatic nitrogens is 2. The average Bonchev–Trinajstić information content (AvgIpc) is 2.90. The van der Waals surface area contributed by atoms with Crippen molar-refractivity contribution in [2.24, 2.45) is 0 Å². The molecule has 0 aliphatic carbocycles. The van der Waals surface area contributed by atoms with E-state index in [1.807, 2.05) is 29.1 Å². The Morgan fingerprint density at radius 3 is 3.25 bits per heavy atom. The molecule has 0 amide bonds. The van der Waals surface area contributed by atoms with Crippen LogP contribution in [0.1, 0.15) is 12.8 Å². The van der Waals surface area contributed by atoms with Crippen molar-refractivity contribution in [3.8, 4) is 0 Å². The maximum atomic E-state index is 6.21. The number of hydrogen-bond donors (Lipinski definition) is 1. The smallest absolute Gasteiger partial charge is 0.0869 e. The molecule has 0 saturated carbocycles. The average molecular weight is 236 g/mol. The fourth-order valence-electron chi connectivity index (χ4n) is 2.36. The van der Waals surface area contributed by atoms with Crippen molar-refractivity contribution in [2.75, 3.05) is 6.54 Å². The summed E-state index contributed by atoms with van der Waals surface area (Å²) in [5, 5.41) is 9.79. The molecule has 1 aromatic heterocycles. The molecule has 0 bridgehead atoms. The summed E-state index contributed by atoms with van der Waals surface area (Å²) in [6.45, 7) is 2.03. The topological polar surface area (TPSA) is 29.9 Å². The predicted octanol–water partition coefficient (Wildman–Crippen LogP) is 2.44. The van der Waals surface area contributed by atoms with Gasteiger partial charge < -0.3 is 5.32 Å². The number of halogens is 1. The monoisotopic (exact) mass is 235 g/mol. The zero-order valence-electron chi connectivity index (χ0n) is 8.99. The Morgan fingerprint density at radius 1 is 1.50 bits per heavy atom. The Bertz CT molecular complexity index is 500. The molecule has 0 radical (unpaired) electrons. The third-order valence-corrected chi connectivity index (χ3v) is 3.47. The largest absolute Gasteiger partial charge is 0.312 e. The van der Waals surface area contributed by atoms with Crippen LogP contribution in [0, 0.1) is 0 Å². The van der Waals surface area contributed by atoms with Gasteiger partial charge >= 0.3 is 0 Å². The molecule has 3 nitrogen and oxygen atoms in total. The number of rotatable bonds is 2. The third-order valence-electron chi connectivity index (χ3n) is 3.17. The van der Waals surface area contributed by atoms with Gasteiger partial charge in [0, 0.05) is 11.4 Å². The minimum Gasteiger partial charge on any atom is -0.312 e. The lowest BCUT2D eigenvalue weighted by Gasteiger charge is -2.11. The van der Waals surface area contributed by atoms with E-state index >= 15 is 0 Å². The zero-order valence-corrected chi connectivity index (χ0v) is 9.74. The van der Waals surface area contributed by atoms with Crippen LogP contribution < -0.4 is 5.32 Å². The highest BCUT2D eigenvalue weighted by Gasteiger charge is 2.16. The lowest BCUT2D eigenvalue weighted by Crippen LogP contribution is -2.27. The van der Waals surface area contributed by atoms with Crippen molar-refractivity contribution in [1.82, 2.24) is 15.1 Å². The van der Waals surface area contributed by atoms with E-state index in [0.717, 1.165) is 29.0 Å². The van der Waals surface area contributed by atoms with Gasteiger partial charge in [-0.15, -0.1) is 0 Å². The second-order valence-corrected chi connectivity index (χ2v) is 4.70. The molecule has 1 aliphatic rings. The van der Waals surface area contributed by atoms with Crippen LogP contribution in [-0.2, 0) is 6.54 Å².